The van der Waals surface area contributed by atoms with Crippen LogP contribution in [0, 0.1) is 0 Å². The highest BCUT2D eigenvalue weighted by molar-refractivity contribution is 7.17. The molecule has 0 radical (unpaired) electrons. The van der Waals surface area contributed by atoms with E-state index in [1.807, 2.05) is 5.38 Å². The van der Waals surface area contributed by atoms with Crippen LogP contribution in [0.2, 0.25) is 0 Å². The molecule has 0 aromatic carbocycles. The second-order valence-corrected chi connectivity index (χ2v) is 7.65. The lowest BCUT2D eigenvalue weighted by Crippen LogP contribution is -2.34. The van der Waals surface area contributed by atoms with E-state index >= 15 is 0 Å². The number of aromatic nitrogens is 1. The molecular formula is C16H15F3N2O3S2. The summed E-state index contributed by atoms with van der Waals surface area (Å²) in [6.07, 6.45) is -3.32. The van der Waals surface area contributed by atoms with Crippen LogP contribution in [0.1, 0.15) is 40.0 Å². The van der Waals surface area contributed by atoms with Gasteiger partial charge in [-0.15, -0.1) is 11.3 Å². The lowest BCUT2D eigenvalue weighted by molar-refractivity contribution is -0.141. The Bertz CT molecular complexity index is 798. The van der Waals surface area contributed by atoms with Crippen LogP contribution in [0.25, 0.3) is 0 Å². The fourth-order valence-electron chi connectivity index (χ4n) is 2.39. The molecule has 140 valence electrons. The second-order valence-electron chi connectivity index (χ2n) is 5.64. The van der Waals surface area contributed by atoms with Crippen molar-refractivity contribution in [3.8, 4) is 0 Å². The van der Waals surface area contributed by atoms with Gasteiger partial charge in [0.25, 0.3) is 0 Å². The maximum atomic E-state index is 13.3. The van der Waals surface area contributed by atoms with Crippen LogP contribution >= 0.6 is 22.7 Å². The molecule has 0 unspecified atom stereocenters. The highest BCUT2D eigenvalue weighted by atomic mass is 32.1. The number of rotatable bonds is 6. The number of halogens is 3. The van der Waals surface area contributed by atoms with Gasteiger partial charge >= 0.3 is 12.1 Å². The number of carbonyl (C=O) groups is 2. The summed E-state index contributed by atoms with van der Waals surface area (Å²) in [5.74, 6) is -1.40. The number of alkyl halides is 3. The molecule has 1 fully saturated rings. The van der Waals surface area contributed by atoms with Crippen LogP contribution in [0.3, 0.4) is 0 Å². The van der Waals surface area contributed by atoms with Crippen LogP contribution in [0.4, 0.5) is 18.3 Å². The first kappa shape index (κ1) is 18.8. The number of hydrogen-bond acceptors (Lipinski definition) is 6. The van der Waals surface area contributed by atoms with Gasteiger partial charge in [0.2, 0.25) is 5.91 Å². The predicted octanol–water partition coefficient (Wildman–Crippen LogP) is 4.14. The standard InChI is InChI=1S/C16H15F3N2O3S2/c1-2-24-14(23)12-13(16(17,18)19)20-15(26-12)21(9-5-6-9)11(22)8-10-4-3-7-25-10/h3-4,7,9H,2,5-6,8H2,1H3. The minimum atomic E-state index is -4.80. The Labute approximate surface area is 155 Å². The van der Waals surface area contributed by atoms with Gasteiger partial charge in [0.1, 0.15) is 4.88 Å². The minimum Gasteiger partial charge on any atom is -0.462 e. The van der Waals surface area contributed by atoms with E-state index in [9.17, 15) is 22.8 Å². The number of nitrogens with zero attached hydrogens (tertiary/aromatic N) is 2. The van der Waals surface area contributed by atoms with Gasteiger partial charge in [0, 0.05) is 10.9 Å². The summed E-state index contributed by atoms with van der Waals surface area (Å²) in [5, 5.41) is 1.72. The second kappa shape index (κ2) is 7.36. The van der Waals surface area contributed by atoms with E-state index in [-0.39, 0.29) is 30.1 Å². The molecule has 1 aliphatic rings. The Morgan fingerprint density at radius 3 is 2.65 bits per heavy atom. The van der Waals surface area contributed by atoms with Gasteiger partial charge in [-0.2, -0.15) is 13.2 Å². The van der Waals surface area contributed by atoms with Gasteiger partial charge in [-0.05, 0) is 31.2 Å². The summed E-state index contributed by atoms with van der Waals surface area (Å²) in [6, 6.07) is 3.42. The quantitative estimate of drug-likeness (QED) is 0.679. The number of hydrogen-bond donors (Lipinski definition) is 0. The first-order chi connectivity index (χ1) is 12.3. The number of carbonyl (C=O) groups excluding carboxylic acids is 2. The number of amides is 1. The van der Waals surface area contributed by atoms with Crippen LogP contribution in [-0.4, -0.2) is 29.5 Å². The molecule has 1 saturated carbocycles. The average molecular weight is 404 g/mol. The highest BCUT2D eigenvalue weighted by Crippen LogP contribution is 2.41. The van der Waals surface area contributed by atoms with Crippen molar-refractivity contribution in [1.82, 2.24) is 4.98 Å². The number of anilines is 1. The van der Waals surface area contributed by atoms with E-state index in [0.717, 1.165) is 4.88 Å². The Balaban J connectivity index is 1.94. The first-order valence-corrected chi connectivity index (χ1v) is 9.60. The normalized spacial score (nSPS) is 14.3. The lowest BCUT2D eigenvalue weighted by atomic mass is 10.3. The monoisotopic (exact) mass is 404 g/mol. The van der Waals surface area contributed by atoms with Crippen LogP contribution in [0.15, 0.2) is 17.5 Å². The van der Waals surface area contributed by atoms with Crippen molar-refractivity contribution in [2.24, 2.45) is 0 Å². The Hall–Kier alpha value is -1.94. The van der Waals surface area contributed by atoms with Crippen molar-refractivity contribution in [3.63, 3.8) is 0 Å². The lowest BCUT2D eigenvalue weighted by Gasteiger charge is -2.19. The fraction of sp³-hybridized carbons (Fsp3) is 0.438. The minimum absolute atomic E-state index is 0.0486. The molecule has 0 aliphatic heterocycles. The summed E-state index contributed by atoms with van der Waals surface area (Å²) in [5.41, 5.74) is -1.30. The highest BCUT2D eigenvalue weighted by Gasteiger charge is 2.43. The topological polar surface area (TPSA) is 59.5 Å². The van der Waals surface area contributed by atoms with Gasteiger partial charge in [-0.25, -0.2) is 9.78 Å². The van der Waals surface area contributed by atoms with Crippen LogP contribution < -0.4 is 4.90 Å². The molecule has 3 rings (SSSR count). The van der Waals surface area contributed by atoms with Crippen molar-refractivity contribution < 1.29 is 27.5 Å². The smallest absolute Gasteiger partial charge is 0.435 e. The number of esters is 1. The Morgan fingerprint density at radius 1 is 1.38 bits per heavy atom. The average Bonchev–Trinajstić information content (AvgIpc) is 3.07. The third-order valence-electron chi connectivity index (χ3n) is 3.64. The SMILES string of the molecule is CCOC(=O)c1sc(N(C(=O)Cc2cccs2)C2CC2)nc1C(F)(F)F. The van der Waals surface area contributed by atoms with E-state index in [2.05, 4.69) is 4.98 Å². The van der Waals surface area contributed by atoms with Gasteiger partial charge in [-0.3, -0.25) is 9.69 Å². The zero-order chi connectivity index (χ0) is 18.9. The molecule has 2 aromatic rings. The molecule has 5 nitrogen and oxygen atoms in total. The number of thiophene rings is 1. The van der Waals surface area contributed by atoms with Gasteiger partial charge < -0.3 is 4.74 Å². The van der Waals surface area contributed by atoms with E-state index in [4.69, 9.17) is 4.74 Å². The zero-order valence-electron chi connectivity index (χ0n) is 13.7. The molecule has 0 bridgehead atoms. The van der Waals surface area contributed by atoms with Crippen molar-refractivity contribution in [3.05, 3.63) is 33.0 Å². The van der Waals surface area contributed by atoms with Crippen molar-refractivity contribution in [2.45, 2.75) is 38.4 Å². The molecule has 0 spiro atoms. The van der Waals surface area contributed by atoms with E-state index in [0.29, 0.717) is 24.2 Å². The fourth-order valence-corrected chi connectivity index (χ4v) is 4.15. The van der Waals surface area contributed by atoms with Crippen molar-refractivity contribution in [2.75, 3.05) is 11.5 Å². The summed E-state index contributed by atoms with van der Waals surface area (Å²) < 4.78 is 44.6. The third kappa shape index (κ3) is 4.07. The van der Waals surface area contributed by atoms with E-state index < -0.39 is 22.7 Å². The van der Waals surface area contributed by atoms with E-state index in [1.165, 1.54) is 23.2 Å². The maximum absolute atomic E-state index is 13.3. The largest absolute Gasteiger partial charge is 0.462 e. The van der Waals surface area contributed by atoms with Gasteiger partial charge in [0.05, 0.1) is 13.0 Å². The molecular weight excluding hydrogens is 389 g/mol. The first-order valence-electron chi connectivity index (χ1n) is 7.90. The van der Waals surface area contributed by atoms with Crippen molar-refractivity contribution in [1.29, 1.82) is 0 Å². The molecule has 2 heterocycles. The molecule has 1 aliphatic carbocycles. The molecule has 0 saturated heterocycles. The molecule has 0 atom stereocenters. The molecule has 1 amide bonds. The number of thiazole rings is 1. The summed E-state index contributed by atoms with van der Waals surface area (Å²) in [6.45, 7) is 1.46. The van der Waals surface area contributed by atoms with E-state index in [1.54, 1.807) is 12.1 Å². The van der Waals surface area contributed by atoms with Crippen LogP contribution in [0.5, 0.6) is 0 Å². The maximum Gasteiger partial charge on any atom is 0.435 e. The van der Waals surface area contributed by atoms with Gasteiger partial charge in [-0.1, -0.05) is 17.4 Å². The Morgan fingerprint density at radius 2 is 2.12 bits per heavy atom. The summed E-state index contributed by atoms with van der Waals surface area (Å²) in [7, 11) is 0. The van der Waals surface area contributed by atoms with Crippen LogP contribution in [-0.2, 0) is 22.1 Å². The van der Waals surface area contributed by atoms with Gasteiger partial charge in [0.15, 0.2) is 10.8 Å². The third-order valence-corrected chi connectivity index (χ3v) is 5.55. The molecule has 26 heavy (non-hydrogen) atoms. The molecule has 2 aromatic heterocycles. The predicted molar refractivity (Wildman–Crippen MR) is 91.6 cm³/mol. The van der Waals surface area contributed by atoms with Crippen molar-refractivity contribution >= 4 is 39.7 Å². The zero-order valence-corrected chi connectivity index (χ0v) is 15.3. The summed E-state index contributed by atoms with van der Waals surface area (Å²) in [4.78, 5) is 29.7. The summed E-state index contributed by atoms with van der Waals surface area (Å²) >= 11 is 1.96. The number of ether oxygens (including phenoxy) is 1. The molecule has 0 N–H and O–H groups in total. The molecule has 10 heteroatoms. The Kier molecular flexibility index (Phi) is 5.33.